The minimum atomic E-state index is -2.65. The number of hydrogen-bond donors (Lipinski definition) is 0. The Morgan fingerprint density at radius 1 is 1.19 bits per heavy atom. The molecule has 1 aromatic heterocycles. The molecule has 1 amide bonds. The predicted molar refractivity (Wildman–Crippen MR) is 94.9 cm³/mol. The molecule has 0 radical (unpaired) electrons. The van der Waals surface area contributed by atoms with Gasteiger partial charge in [0.05, 0.1) is 0 Å². The molecule has 1 aliphatic rings. The Bertz CT molecular complexity index is 800. The summed E-state index contributed by atoms with van der Waals surface area (Å²) in [5.41, 5.74) is 1.12. The highest BCUT2D eigenvalue weighted by Crippen LogP contribution is 2.21. The summed E-state index contributed by atoms with van der Waals surface area (Å²) in [7, 11) is 0. The largest absolute Gasteiger partial charge is 0.338 e. The first kappa shape index (κ1) is 19.4. The van der Waals surface area contributed by atoms with Crippen molar-refractivity contribution in [3.05, 3.63) is 53.1 Å². The minimum absolute atomic E-state index is 0.132. The first-order valence-corrected chi connectivity index (χ1v) is 8.95. The van der Waals surface area contributed by atoms with E-state index in [1.54, 1.807) is 24.8 Å². The number of aromatic nitrogens is 2. The van der Waals surface area contributed by atoms with Gasteiger partial charge in [0.25, 0.3) is 6.43 Å². The van der Waals surface area contributed by atoms with Crippen molar-refractivity contribution in [3.8, 4) is 0 Å². The Hall–Kier alpha value is -2.35. The Morgan fingerprint density at radius 3 is 2.48 bits per heavy atom. The number of rotatable bonds is 5. The first-order valence-electron chi connectivity index (χ1n) is 8.95. The van der Waals surface area contributed by atoms with Crippen LogP contribution in [0.3, 0.4) is 0 Å². The molecule has 1 atom stereocenters. The van der Waals surface area contributed by atoms with Crippen LogP contribution in [0.25, 0.3) is 0 Å². The van der Waals surface area contributed by atoms with E-state index in [-0.39, 0.29) is 17.4 Å². The topological polar surface area (TPSA) is 41.4 Å². The average Bonchev–Trinajstić information content (AvgIpc) is 3.03. The van der Waals surface area contributed by atoms with Crippen molar-refractivity contribution >= 4 is 5.91 Å². The SMILES string of the molecule is Cc1cc(C(F)F)nn1C(C)C(=O)N1CCN(Cc2cccc(F)c2)CC1. The molecule has 1 unspecified atom stereocenters. The molecule has 2 aromatic rings. The van der Waals surface area contributed by atoms with E-state index < -0.39 is 12.5 Å². The number of carbonyl (C=O) groups excluding carboxylic acids is 1. The lowest BCUT2D eigenvalue weighted by atomic mass is 10.2. The second-order valence-electron chi connectivity index (χ2n) is 6.86. The van der Waals surface area contributed by atoms with Crippen molar-refractivity contribution in [3.63, 3.8) is 0 Å². The summed E-state index contributed by atoms with van der Waals surface area (Å²) in [6.07, 6.45) is -2.65. The van der Waals surface area contributed by atoms with E-state index in [1.165, 1.54) is 22.9 Å². The van der Waals surface area contributed by atoms with Crippen LogP contribution in [0, 0.1) is 12.7 Å². The van der Waals surface area contributed by atoms with Crippen LogP contribution in [0.5, 0.6) is 0 Å². The molecule has 0 bridgehead atoms. The molecule has 146 valence electrons. The number of benzene rings is 1. The highest BCUT2D eigenvalue weighted by Gasteiger charge is 2.28. The zero-order valence-corrected chi connectivity index (χ0v) is 15.4. The van der Waals surface area contributed by atoms with Gasteiger partial charge in [0.1, 0.15) is 17.6 Å². The molecule has 0 N–H and O–H groups in total. The van der Waals surface area contributed by atoms with Gasteiger partial charge in [-0.15, -0.1) is 0 Å². The first-order chi connectivity index (χ1) is 12.8. The molecule has 1 aliphatic heterocycles. The monoisotopic (exact) mass is 380 g/mol. The van der Waals surface area contributed by atoms with Crippen LogP contribution in [0.2, 0.25) is 0 Å². The van der Waals surface area contributed by atoms with Gasteiger partial charge < -0.3 is 4.90 Å². The summed E-state index contributed by atoms with van der Waals surface area (Å²) >= 11 is 0. The predicted octanol–water partition coefficient (Wildman–Crippen LogP) is 3.17. The number of hydrogen-bond acceptors (Lipinski definition) is 3. The van der Waals surface area contributed by atoms with E-state index >= 15 is 0 Å². The van der Waals surface area contributed by atoms with Crippen molar-refractivity contribution in [2.45, 2.75) is 32.9 Å². The lowest BCUT2D eigenvalue weighted by Gasteiger charge is -2.36. The van der Waals surface area contributed by atoms with Gasteiger partial charge in [-0.2, -0.15) is 5.10 Å². The van der Waals surface area contributed by atoms with Crippen LogP contribution in [0.1, 0.15) is 36.3 Å². The van der Waals surface area contributed by atoms with E-state index in [0.29, 0.717) is 38.4 Å². The summed E-state index contributed by atoms with van der Waals surface area (Å²) in [6, 6.07) is 7.17. The van der Waals surface area contributed by atoms with Gasteiger partial charge in [0.15, 0.2) is 0 Å². The molecule has 3 rings (SSSR count). The van der Waals surface area contributed by atoms with E-state index in [9.17, 15) is 18.0 Å². The standard InChI is InChI=1S/C19H23F3N4O/c1-13-10-17(18(21)22)23-26(13)14(2)19(27)25-8-6-24(7-9-25)12-15-4-3-5-16(20)11-15/h3-5,10-11,14,18H,6-9,12H2,1-2H3. The number of amides is 1. The summed E-state index contributed by atoms with van der Waals surface area (Å²) in [4.78, 5) is 16.6. The van der Waals surface area contributed by atoms with E-state index in [2.05, 4.69) is 10.00 Å². The highest BCUT2D eigenvalue weighted by molar-refractivity contribution is 5.80. The second-order valence-corrected chi connectivity index (χ2v) is 6.86. The fraction of sp³-hybridized carbons (Fsp3) is 0.474. The molecule has 5 nitrogen and oxygen atoms in total. The third-order valence-electron chi connectivity index (χ3n) is 4.87. The van der Waals surface area contributed by atoms with Gasteiger partial charge in [-0.25, -0.2) is 13.2 Å². The lowest BCUT2D eigenvalue weighted by molar-refractivity contribution is -0.136. The smallest absolute Gasteiger partial charge is 0.282 e. The number of alkyl halides is 2. The maximum atomic E-state index is 13.3. The maximum Gasteiger partial charge on any atom is 0.282 e. The van der Waals surface area contributed by atoms with Gasteiger partial charge in [0.2, 0.25) is 5.91 Å². The van der Waals surface area contributed by atoms with E-state index in [4.69, 9.17) is 0 Å². The average molecular weight is 380 g/mol. The Labute approximate surface area is 156 Å². The highest BCUT2D eigenvalue weighted by atomic mass is 19.3. The summed E-state index contributed by atoms with van der Waals surface area (Å²) in [6.45, 7) is 6.41. The fourth-order valence-electron chi connectivity index (χ4n) is 3.40. The van der Waals surface area contributed by atoms with Gasteiger partial charge >= 0.3 is 0 Å². The Kier molecular flexibility index (Phi) is 5.84. The Balaban J connectivity index is 1.58. The summed E-state index contributed by atoms with van der Waals surface area (Å²) in [5, 5.41) is 3.88. The van der Waals surface area contributed by atoms with Gasteiger partial charge in [-0.1, -0.05) is 12.1 Å². The van der Waals surface area contributed by atoms with Crippen LogP contribution >= 0.6 is 0 Å². The fourth-order valence-corrected chi connectivity index (χ4v) is 3.40. The van der Waals surface area contributed by atoms with Crippen molar-refractivity contribution in [1.82, 2.24) is 19.6 Å². The van der Waals surface area contributed by atoms with Crippen LogP contribution in [-0.4, -0.2) is 51.7 Å². The quantitative estimate of drug-likeness (QED) is 0.800. The summed E-state index contributed by atoms with van der Waals surface area (Å²) < 4.78 is 40.3. The van der Waals surface area contributed by atoms with Gasteiger partial charge in [0, 0.05) is 38.4 Å². The molecule has 0 saturated carbocycles. The number of aryl methyl sites for hydroxylation is 1. The number of carbonyl (C=O) groups is 1. The zero-order chi connectivity index (χ0) is 19.6. The van der Waals surface area contributed by atoms with Gasteiger partial charge in [-0.3, -0.25) is 14.4 Å². The van der Waals surface area contributed by atoms with Crippen LogP contribution in [-0.2, 0) is 11.3 Å². The molecule has 1 fully saturated rings. The molecule has 1 saturated heterocycles. The molecular weight excluding hydrogens is 357 g/mol. The van der Waals surface area contributed by atoms with Crippen LogP contribution in [0.4, 0.5) is 13.2 Å². The molecule has 1 aromatic carbocycles. The van der Waals surface area contributed by atoms with Crippen LogP contribution in [0.15, 0.2) is 30.3 Å². The van der Waals surface area contributed by atoms with Crippen molar-refractivity contribution in [2.24, 2.45) is 0 Å². The molecule has 0 aliphatic carbocycles. The normalized spacial score (nSPS) is 16.7. The molecule has 0 spiro atoms. The van der Waals surface area contributed by atoms with Crippen molar-refractivity contribution in [2.75, 3.05) is 26.2 Å². The van der Waals surface area contributed by atoms with E-state index in [1.807, 2.05) is 6.07 Å². The summed E-state index contributed by atoms with van der Waals surface area (Å²) in [5.74, 6) is -0.389. The third kappa shape index (κ3) is 4.50. The number of nitrogens with zero attached hydrogens (tertiary/aromatic N) is 4. The number of piperazine rings is 1. The van der Waals surface area contributed by atoms with Crippen LogP contribution < -0.4 is 0 Å². The van der Waals surface area contributed by atoms with Gasteiger partial charge in [-0.05, 0) is 37.6 Å². The molecular formula is C19H23F3N4O. The van der Waals surface area contributed by atoms with Crippen molar-refractivity contribution in [1.29, 1.82) is 0 Å². The minimum Gasteiger partial charge on any atom is -0.338 e. The second kappa shape index (κ2) is 8.12. The maximum absolute atomic E-state index is 13.3. The van der Waals surface area contributed by atoms with Crippen molar-refractivity contribution < 1.29 is 18.0 Å². The zero-order valence-electron chi connectivity index (χ0n) is 15.4. The molecule has 8 heteroatoms. The molecule has 2 heterocycles. The lowest BCUT2D eigenvalue weighted by Crippen LogP contribution is -2.50. The van der Waals surface area contributed by atoms with E-state index in [0.717, 1.165) is 5.56 Å². The number of halogens is 3. The molecule has 27 heavy (non-hydrogen) atoms. The Morgan fingerprint density at radius 2 is 1.89 bits per heavy atom. The third-order valence-corrected chi connectivity index (χ3v) is 4.87.